The van der Waals surface area contributed by atoms with Crippen molar-refractivity contribution in [1.29, 1.82) is 0 Å². The van der Waals surface area contributed by atoms with Crippen LogP contribution >= 0.6 is 0 Å². The summed E-state index contributed by atoms with van der Waals surface area (Å²) in [5.74, 6) is -0.216. The molecule has 0 bridgehead atoms. The van der Waals surface area contributed by atoms with Gasteiger partial charge in [0.05, 0.1) is 0 Å². The lowest BCUT2D eigenvalue weighted by Gasteiger charge is -2.10. The molecule has 3 aromatic rings. The topological polar surface area (TPSA) is 9.23 Å². The lowest BCUT2D eigenvalue weighted by molar-refractivity contribution is -0.274. The smallest absolute Gasteiger partial charge is 0.406 e. The van der Waals surface area contributed by atoms with Crippen LogP contribution in [0.15, 0.2) is 66.7 Å². The highest BCUT2D eigenvalue weighted by atomic mass is 19.4. The fourth-order valence-electron chi connectivity index (χ4n) is 2.31. The molecular formula is C17H11F3O. The van der Waals surface area contributed by atoms with Crippen molar-refractivity contribution in [3.05, 3.63) is 66.7 Å². The molecule has 0 N–H and O–H groups in total. The van der Waals surface area contributed by atoms with E-state index in [2.05, 4.69) is 4.74 Å². The Morgan fingerprint density at radius 3 is 2.10 bits per heavy atom. The number of rotatable bonds is 2. The number of benzene rings is 3. The Morgan fingerprint density at radius 1 is 0.714 bits per heavy atom. The van der Waals surface area contributed by atoms with Crippen LogP contribution in [0, 0.1) is 0 Å². The van der Waals surface area contributed by atoms with E-state index < -0.39 is 6.36 Å². The first-order valence-corrected chi connectivity index (χ1v) is 6.37. The lowest BCUT2D eigenvalue weighted by Crippen LogP contribution is -2.16. The molecule has 4 heteroatoms. The van der Waals surface area contributed by atoms with Crippen LogP contribution in [0.3, 0.4) is 0 Å². The van der Waals surface area contributed by atoms with Crippen molar-refractivity contribution < 1.29 is 17.9 Å². The summed E-state index contributed by atoms with van der Waals surface area (Å²) < 4.78 is 40.3. The van der Waals surface area contributed by atoms with Crippen molar-refractivity contribution in [3.63, 3.8) is 0 Å². The molecule has 3 aromatic carbocycles. The normalized spacial score (nSPS) is 11.6. The zero-order chi connectivity index (χ0) is 14.9. The van der Waals surface area contributed by atoms with E-state index in [-0.39, 0.29) is 5.75 Å². The Morgan fingerprint density at radius 2 is 1.38 bits per heavy atom. The molecule has 0 fully saturated rings. The number of hydrogen-bond acceptors (Lipinski definition) is 1. The Bertz CT molecular complexity index is 756. The van der Waals surface area contributed by atoms with E-state index in [9.17, 15) is 13.2 Å². The van der Waals surface area contributed by atoms with Gasteiger partial charge in [-0.2, -0.15) is 0 Å². The third-order valence-corrected chi connectivity index (χ3v) is 3.19. The first-order chi connectivity index (χ1) is 10.0. The third kappa shape index (κ3) is 2.99. The minimum atomic E-state index is -4.67. The van der Waals surface area contributed by atoms with Crippen molar-refractivity contribution in [1.82, 2.24) is 0 Å². The fourth-order valence-corrected chi connectivity index (χ4v) is 2.31. The van der Waals surface area contributed by atoms with Crippen LogP contribution in [-0.2, 0) is 0 Å². The van der Waals surface area contributed by atoms with E-state index in [0.29, 0.717) is 0 Å². The van der Waals surface area contributed by atoms with Gasteiger partial charge in [-0.3, -0.25) is 0 Å². The average molecular weight is 288 g/mol. The van der Waals surface area contributed by atoms with Crippen LogP contribution in [0.5, 0.6) is 5.75 Å². The van der Waals surface area contributed by atoms with Gasteiger partial charge in [0.1, 0.15) is 5.75 Å². The molecule has 3 rings (SSSR count). The van der Waals surface area contributed by atoms with Crippen LogP contribution < -0.4 is 4.74 Å². The number of halogens is 3. The monoisotopic (exact) mass is 288 g/mol. The van der Waals surface area contributed by atoms with Crippen molar-refractivity contribution in [2.75, 3.05) is 0 Å². The molecule has 0 aromatic heterocycles. The number of hydrogen-bond donors (Lipinski definition) is 0. The molecule has 0 atom stereocenters. The molecule has 21 heavy (non-hydrogen) atoms. The predicted molar refractivity (Wildman–Crippen MR) is 76.1 cm³/mol. The summed E-state index contributed by atoms with van der Waals surface area (Å²) in [4.78, 5) is 0. The zero-order valence-corrected chi connectivity index (χ0v) is 10.9. The molecule has 106 valence electrons. The summed E-state index contributed by atoms with van der Waals surface area (Å²) in [6.45, 7) is 0. The zero-order valence-electron chi connectivity index (χ0n) is 10.9. The van der Waals surface area contributed by atoms with Gasteiger partial charge in [-0.1, -0.05) is 54.6 Å². The van der Waals surface area contributed by atoms with Crippen LogP contribution in [0.4, 0.5) is 13.2 Å². The second kappa shape index (κ2) is 5.13. The number of fused-ring (bicyclic) bond motifs is 1. The van der Waals surface area contributed by atoms with Gasteiger partial charge in [0.15, 0.2) is 0 Å². The largest absolute Gasteiger partial charge is 0.573 e. The van der Waals surface area contributed by atoms with Gasteiger partial charge in [-0.25, -0.2) is 0 Å². The summed E-state index contributed by atoms with van der Waals surface area (Å²) in [5, 5.41) is 2.15. The molecule has 0 aliphatic rings. The SMILES string of the molecule is FC(F)(F)Oc1ccc(-c2cccc3ccccc23)cc1. The molecule has 1 nitrogen and oxygen atoms in total. The highest BCUT2D eigenvalue weighted by Gasteiger charge is 2.30. The molecule has 0 unspecified atom stereocenters. The first-order valence-electron chi connectivity index (χ1n) is 6.37. The van der Waals surface area contributed by atoms with Gasteiger partial charge in [-0.15, -0.1) is 13.2 Å². The van der Waals surface area contributed by atoms with E-state index in [1.165, 1.54) is 12.1 Å². The summed E-state index contributed by atoms with van der Waals surface area (Å²) >= 11 is 0. The van der Waals surface area contributed by atoms with Gasteiger partial charge < -0.3 is 4.74 Å². The molecule has 0 saturated heterocycles. The predicted octanol–water partition coefficient (Wildman–Crippen LogP) is 5.41. The number of ether oxygens (including phenoxy) is 1. The highest BCUT2D eigenvalue weighted by molar-refractivity contribution is 5.96. The van der Waals surface area contributed by atoms with Crippen LogP contribution in [0.2, 0.25) is 0 Å². The molecule has 0 spiro atoms. The first kappa shape index (κ1) is 13.5. The van der Waals surface area contributed by atoms with Crippen LogP contribution in [0.1, 0.15) is 0 Å². The molecule has 0 saturated carbocycles. The van der Waals surface area contributed by atoms with E-state index in [1.54, 1.807) is 12.1 Å². The molecule has 0 radical (unpaired) electrons. The van der Waals surface area contributed by atoms with Crippen LogP contribution in [-0.4, -0.2) is 6.36 Å². The summed E-state index contributed by atoms with van der Waals surface area (Å²) in [6.07, 6.45) is -4.67. The van der Waals surface area contributed by atoms with E-state index >= 15 is 0 Å². The van der Waals surface area contributed by atoms with Gasteiger partial charge in [-0.05, 0) is 34.0 Å². The summed E-state index contributed by atoms with van der Waals surface area (Å²) in [5.41, 5.74) is 1.83. The quantitative estimate of drug-likeness (QED) is 0.613. The van der Waals surface area contributed by atoms with Gasteiger partial charge in [0.2, 0.25) is 0 Å². The average Bonchev–Trinajstić information content (AvgIpc) is 2.46. The third-order valence-electron chi connectivity index (χ3n) is 3.19. The Hall–Kier alpha value is -2.49. The standard InChI is InChI=1S/C17H11F3O/c18-17(19,20)21-14-10-8-13(9-11-14)16-7-3-5-12-4-1-2-6-15(12)16/h1-11H. The second-order valence-electron chi connectivity index (χ2n) is 4.60. The van der Waals surface area contributed by atoms with Crippen LogP contribution in [0.25, 0.3) is 21.9 Å². The summed E-state index contributed by atoms with van der Waals surface area (Å²) in [7, 11) is 0. The molecular weight excluding hydrogens is 277 g/mol. The van der Waals surface area contributed by atoms with Gasteiger partial charge in [0.25, 0.3) is 0 Å². The molecule has 0 aliphatic heterocycles. The highest BCUT2D eigenvalue weighted by Crippen LogP contribution is 2.30. The van der Waals surface area contributed by atoms with Crippen molar-refractivity contribution >= 4 is 10.8 Å². The number of alkyl halides is 3. The van der Waals surface area contributed by atoms with Gasteiger partial charge in [0, 0.05) is 0 Å². The Balaban J connectivity index is 2.00. The maximum absolute atomic E-state index is 12.2. The van der Waals surface area contributed by atoms with Crippen molar-refractivity contribution in [2.24, 2.45) is 0 Å². The molecule has 0 amide bonds. The minimum absolute atomic E-state index is 0.216. The minimum Gasteiger partial charge on any atom is -0.406 e. The van der Waals surface area contributed by atoms with Crippen molar-refractivity contribution in [3.8, 4) is 16.9 Å². The molecule has 0 aliphatic carbocycles. The summed E-state index contributed by atoms with van der Waals surface area (Å²) in [6, 6.07) is 19.7. The maximum atomic E-state index is 12.2. The Labute approximate surface area is 119 Å². The Kier molecular flexibility index (Phi) is 3.29. The van der Waals surface area contributed by atoms with E-state index in [4.69, 9.17) is 0 Å². The molecule has 0 heterocycles. The van der Waals surface area contributed by atoms with E-state index in [0.717, 1.165) is 21.9 Å². The van der Waals surface area contributed by atoms with E-state index in [1.807, 2.05) is 42.5 Å². The van der Waals surface area contributed by atoms with Gasteiger partial charge >= 0.3 is 6.36 Å². The maximum Gasteiger partial charge on any atom is 0.573 e. The second-order valence-corrected chi connectivity index (χ2v) is 4.60. The fraction of sp³-hybridized carbons (Fsp3) is 0.0588. The lowest BCUT2D eigenvalue weighted by atomic mass is 9.98. The van der Waals surface area contributed by atoms with Crippen molar-refractivity contribution in [2.45, 2.75) is 6.36 Å².